The Hall–Kier alpha value is -1.99. The van der Waals surface area contributed by atoms with E-state index in [-0.39, 0.29) is 24.3 Å². The van der Waals surface area contributed by atoms with E-state index in [0.29, 0.717) is 36.1 Å². The van der Waals surface area contributed by atoms with E-state index in [1.807, 2.05) is 4.90 Å². The number of nitrogens with one attached hydrogen (secondary N) is 2. The molecule has 0 spiro atoms. The van der Waals surface area contributed by atoms with E-state index in [4.69, 9.17) is 4.74 Å². The first-order chi connectivity index (χ1) is 13.2. The van der Waals surface area contributed by atoms with Gasteiger partial charge >= 0.3 is 6.03 Å². The van der Waals surface area contributed by atoms with Gasteiger partial charge in [0.05, 0.1) is 12.8 Å². The Balaban J connectivity index is 0.00000225. The molecular weight excluding hydrogens is 380 g/mol. The van der Waals surface area contributed by atoms with Gasteiger partial charge < -0.3 is 20.3 Å². The van der Waals surface area contributed by atoms with Gasteiger partial charge in [-0.15, -0.1) is 12.4 Å². The van der Waals surface area contributed by atoms with Crippen LogP contribution in [-0.4, -0.2) is 62.7 Å². The van der Waals surface area contributed by atoms with Crippen molar-refractivity contribution in [2.24, 2.45) is 5.92 Å². The summed E-state index contributed by atoms with van der Waals surface area (Å²) in [5.41, 5.74) is 1.26. The fourth-order valence-electron chi connectivity index (χ4n) is 3.86. The second-order valence-corrected chi connectivity index (χ2v) is 7.69. The summed E-state index contributed by atoms with van der Waals surface area (Å²) in [6.45, 7) is 3.84. The molecule has 28 heavy (non-hydrogen) atoms. The monoisotopic (exact) mass is 408 g/mol. The molecule has 2 heterocycles. The van der Waals surface area contributed by atoms with Crippen molar-refractivity contribution in [3.8, 4) is 5.75 Å². The van der Waals surface area contributed by atoms with Gasteiger partial charge in [0.15, 0.2) is 0 Å². The second-order valence-electron chi connectivity index (χ2n) is 7.69. The van der Waals surface area contributed by atoms with Gasteiger partial charge in [0.2, 0.25) is 0 Å². The Bertz CT molecular complexity index is 717. The maximum atomic E-state index is 13.0. The molecule has 1 aromatic carbocycles. The van der Waals surface area contributed by atoms with Crippen LogP contribution in [0.5, 0.6) is 5.75 Å². The van der Waals surface area contributed by atoms with Crippen LogP contribution in [0.4, 0.5) is 10.5 Å². The fourth-order valence-corrected chi connectivity index (χ4v) is 3.86. The lowest BCUT2D eigenvalue weighted by molar-refractivity contribution is 0.0705. The molecule has 2 aliphatic heterocycles. The van der Waals surface area contributed by atoms with Crippen LogP contribution in [0.2, 0.25) is 0 Å². The number of likely N-dealkylation sites (tertiary alicyclic amines) is 1. The standard InChI is InChI=1S/C20H28N4O3.ClH/c1-27-18-5-4-15(12-17(18)24-11-8-21-20(24)26)19(25)23-9-6-16(7-10-23)22-13-14-2-3-14;/h4-5,12,14,16,22H,2-3,6-11,13H2,1H3,(H,21,26);1H. The maximum Gasteiger partial charge on any atom is 0.322 e. The number of piperidine rings is 1. The lowest BCUT2D eigenvalue weighted by atomic mass is 10.0. The third-order valence-electron chi connectivity index (χ3n) is 5.75. The normalized spacial score (nSPS) is 20.0. The van der Waals surface area contributed by atoms with Gasteiger partial charge in [-0.1, -0.05) is 0 Å². The molecule has 0 unspecified atom stereocenters. The average molecular weight is 409 g/mol. The van der Waals surface area contributed by atoms with Gasteiger partial charge in [-0.05, 0) is 56.3 Å². The number of hydrogen-bond acceptors (Lipinski definition) is 4. The molecule has 3 fully saturated rings. The Labute approximate surface area is 172 Å². The zero-order valence-corrected chi connectivity index (χ0v) is 17.1. The molecule has 1 aliphatic carbocycles. The van der Waals surface area contributed by atoms with Gasteiger partial charge in [-0.3, -0.25) is 9.69 Å². The van der Waals surface area contributed by atoms with E-state index in [1.54, 1.807) is 30.2 Å². The number of methoxy groups -OCH3 is 1. The number of rotatable bonds is 6. The first-order valence-electron chi connectivity index (χ1n) is 9.92. The molecule has 2 N–H and O–H groups in total. The van der Waals surface area contributed by atoms with Crippen molar-refractivity contribution in [2.75, 3.05) is 44.7 Å². The smallest absolute Gasteiger partial charge is 0.322 e. The molecule has 0 radical (unpaired) electrons. The summed E-state index contributed by atoms with van der Waals surface area (Å²) in [5.74, 6) is 1.51. The number of carbonyl (C=O) groups is 2. The van der Waals surface area contributed by atoms with Crippen molar-refractivity contribution < 1.29 is 14.3 Å². The topological polar surface area (TPSA) is 73.9 Å². The number of halogens is 1. The third kappa shape index (κ3) is 4.52. The molecule has 3 aliphatic rings. The van der Waals surface area contributed by atoms with E-state index < -0.39 is 0 Å². The molecule has 7 nitrogen and oxygen atoms in total. The Morgan fingerprint density at radius 2 is 1.96 bits per heavy atom. The number of hydrogen-bond donors (Lipinski definition) is 2. The number of carbonyl (C=O) groups excluding carboxylic acids is 2. The SMILES string of the molecule is COc1ccc(C(=O)N2CCC(NCC3CC3)CC2)cc1N1CCNC1=O.Cl. The summed E-state index contributed by atoms with van der Waals surface area (Å²) in [5, 5.41) is 6.43. The molecule has 0 atom stereocenters. The lowest BCUT2D eigenvalue weighted by Gasteiger charge is -2.33. The van der Waals surface area contributed by atoms with Crippen LogP contribution in [0, 0.1) is 5.92 Å². The molecule has 2 saturated heterocycles. The molecule has 3 amide bonds. The zero-order valence-electron chi connectivity index (χ0n) is 16.3. The van der Waals surface area contributed by atoms with Crippen molar-refractivity contribution in [1.82, 2.24) is 15.5 Å². The highest BCUT2D eigenvalue weighted by Crippen LogP contribution is 2.31. The van der Waals surface area contributed by atoms with E-state index in [1.165, 1.54) is 12.8 Å². The van der Waals surface area contributed by atoms with E-state index in [2.05, 4.69) is 10.6 Å². The second kappa shape index (κ2) is 9.01. The summed E-state index contributed by atoms with van der Waals surface area (Å²) in [7, 11) is 1.58. The largest absolute Gasteiger partial charge is 0.495 e. The van der Waals surface area contributed by atoms with Crippen LogP contribution in [-0.2, 0) is 0 Å². The van der Waals surface area contributed by atoms with Crippen LogP contribution in [0.1, 0.15) is 36.0 Å². The molecular formula is C20H29ClN4O3. The Kier molecular flexibility index (Phi) is 6.67. The van der Waals surface area contributed by atoms with Gasteiger partial charge in [-0.25, -0.2) is 4.79 Å². The predicted molar refractivity (Wildman–Crippen MR) is 111 cm³/mol. The minimum Gasteiger partial charge on any atom is -0.495 e. The summed E-state index contributed by atoms with van der Waals surface area (Å²) in [6, 6.07) is 5.72. The quantitative estimate of drug-likeness (QED) is 0.757. The molecule has 1 aromatic rings. The van der Waals surface area contributed by atoms with Gasteiger partial charge in [0, 0.05) is 37.8 Å². The minimum atomic E-state index is -0.152. The molecule has 1 saturated carbocycles. The number of ether oxygens (including phenoxy) is 1. The van der Waals surface area contributed by atoms with Crippen molar-refractivity contribution in [3.05, 3.63) is 23.8 Å². The van der Waals surface area contributed by atoms with Crippen LogP contribution >= 0.6 is 12.4 Å². The van der Waals surface area contributed by atoms with Crippen molar-refractivity contribution in [2.45, 2.75) is 31.7 Å². The summed E-state index contributed by atoms with van der Waals surface area (Å²) >= 11 is 0. The van der Waals surface area contributed by atoms with E-state index in [0.717, 1.165) is 38.4 Å². The molecule has 154 valence electrons. The number of benzene rings is 1. The molecule has 0 bridgehead atoms. The molecule has 0 aromatic heterocycles. The van der Waals surface area contributed by atoms with Gasteiger partial charge in [-0.2, -0.15) is 0 Å². The highest BCUT2D eigenvalue weighted by Gasteiger charge is 2.28. The fraction of sp³-hybridized carbons (Fsp3) is 0.600. The lowest BCUT2D eigenvalue weighted by Crippen LogP contribution is -2.45. The molecule has 4 rings (SSSR count). The minimum absolute atomic E-state index is 0. The zero-order chi connectivity index (χ0) is 18.8. The van der Waals surface area contributed by atoms with E-state index >= 15 is 0 Å². The van der Waals surface area contributed by atoms with E-state index in [9.17, 15) is 9.59 Å². The van der Waals surface area contributed by atoms with Crippen LogP contribution < -0.4 is 20.3 Å². The van der Waals surface area contributed by atoms with Crippen LogP contribution in [0.15, 0.2) is 18.2 Å². The number of nitrogens with zero attached hydrogens (tertiary/aromatic N) is 2. The Morgan fingerprint density at radius 1 is 1.21 bits per heavy atom. The Morgan fingerprint density at radius 3 is 2.57 bits per heavy atom. The highest BCUT2D eigenvalue weighted by atomic mass is 35.5. The predicted octanol–water partition coefficient (Wildman–Crippen LogP) is 2.25. The number of urea groups is 1. The third-order valence-corrected chi connectivity index (χ3v) is 5.75. The van der Waals surface area contributed by atoms with Crippen LogP contribution in [0.3, 0.4) is 0 Å². The van der Waals surface area contributed by atoms with Crippen molar-refractivity contribution in [1.29, 1.82) is 0 Å². The first kappa shape index (κ1) is 20.7. The number of anilines is 1. The first-order valence-corrected chi connectivity index (χ1v) is 9.92. The highest BCUT2D eigenvalue weighted by molar-refractivity contribution is 6.00. The van der Waals surface area contributed by atoms with Crippen molar-refractivity contribution >= 4 is 30.0 Å². The summed E-state index contributed by atoms with van der Waals surface area (Å²) in [6.07, 6.45) is 4.71. The summed E-state index contributed by atoms with van der Waals surface area (Å²) in [4.78, 5) is 28.6. The van der Waals surface area contributed by atoms with Crippen molar-refractivity contribution in [3.63, 3.8) is 0 Å². The average Bonchev–Trinajstić information content (AvgIpc) is 3.44. The maximum absolute atomic E-state index is 13.0. The van der Waals surface area contributed by atoms with Gasteiger partial charge in [0.1, 0.15) is 5.75 Å². The summed E-state index contributed by atoms with van der Waals surface area (Å²) < 4.78 is 5.40. The number of amides is 3. The van der Waals surface area contributed by atoms with Gasteiger partial charge in [0.25, 0.3) is 5.91 Å². The van der Waals surface area contributed by atoms with Crippen LogP contribution in [0.25, 0.3) is 0 Å². The molecule has 8 heteroatoms.